The second kappa shape index (κ2) is 18.2. The van der Waals surface area contributed by atoms with Crippen LogP contribution >= 0.6 is 11.8 Å². The van der Waals surface area contributed by atoms with Crippen molar-refractivity contribution in [2.45, 2.75) is 119 Å². The summed E-state index contributed by atoms with van der Waals surface area (Å²) in [5, 5.41) is 20.1. The van der Waals surface area contributed by atoms with Gasteiger partial charge < -0.3 is 14.9 Å². The van der Waals surface area contributed by atoms with Gasteiger partial charge in [-0.25, -0.2) is 9.78 Å². The third-order valence-electron chi connectivity index (χ3n) is 6.85. The van der Waals surface area contributed by atoms with E-state index < -0.39 is 29.9 Å². The SMILES string of the molecule is CCCCCCCCCCCCCC=C[C@H](Sc1ccc2cc(C(=O)O)c(OC)nc2c1)[C@H](O)CCC(F)(F)F. The highest BCUT2D eigenvalue weighted by Crippen LogP contribution is 2.33. The second-order valence-electron chi connectivity index (χ2n) is 10.3. The monoisotopic (exact) mass is 583 g/mol. The van der Waals surface area contributed by atoms with Gasteiger partial charge in [0.15, 0.2) is 0 Å². The Kier molecular flexibility index (Phi) is 15.5. The number of halogens is 3. The number of methoxy groups -OCH3 is 1. The second-order valence-corrected chi connectivity index (χ2v) is 11.5. The molecule has 1 aromatic heterocycles. The maximum atomic E-state index is 12.8. The Hall–Kier alpha value is -2.26. The van der Waals surface area contributed by atoms with Crippen molar-refractivity contribution in [2.75, 3.05) is 7.11 Å². The number of rotatable bonds is 20. The molecule has 0 radical (unpaired) electrons. The molecule has 224 valence electrons. The Bertz CT molecular complexity index is 1060. The molecule has 5 nitrogen and oxygen atoms in total. The summed E-state index contributed by atoms with van der Waals surface area (Å²) in [6.45, 7) is 2.23. The number of aromatic carboxylic acids is 1. The lowest BCUT2D eigenvalue weighted by molar-refractivity contribution is -0.139. The minimum absolute atomic E-state index is 0.0178. The van der Waals surface area contributed by atoms with Crippen LogP contribution in [0.3, 0.4) is 0 Å². The first-order valence-corrected chi connectivity index (χ1v) is 15.3. The highest BCUT2D eigenvalue weighted by Gasteiger charge is 2.30. The maximum absolute atomic E-state index is 12.8. The molecule has 2 N–H and O–H groups in total. The van der Waals surface area contributed by atoms with Crippen LogP contribution < -0.4 is 4.74 Å². The minimum atomic E-state index is -4.33. The van der Waals surface area contributed by atoms with Crippen molar-refractivity contribution < 1.29 is 32.9 Å². The molecule has 2 rings (SSSR count). The highest BCUT2D eigenvalue weighted by molar-refractivity contribution is 8.00. The Morgan fingerprint density at radius 2 is 1.65 bits per heavy atom. The fraction of sp³-hybridized carbons (Fsp3) is 0.613. The molecule has 0 saturated carbocycles. The van der Waals surface area contributed by atoms with Crippen LogP contribution in [0.25, 0.3) is 10.9 Å². The summed E-state index contributed by atoms with van der Waals surface area (Å²) >= 11 is 1.27. The first kappa shape index (κ1) is 33.9. The molecular weight excluding hydrogens is 539 g/mol. The van der Waals surface area contributed by atoms with E-state index in [0.29, 0.717) is 15.8 Å². The Labute approximate surface area is 240 Å². The van der Waals surface area contributed by atoms with Crippen LogP contribution in [0.5, 0.6) is 5.88 Å². The van der Waals surface area contributed by atoms with E-state index in [9.17, 15) is 28.2 Å². The predicted molar refractivity (Wildman–Crippen MR) is 156 cm³/mol. The number of carboxylic acid groups (broad SMARTS) is 1. The summed E-state index contributed by atoms with van der Waals surface area (Å²) in [6.07, 6.45) is 11.4. The number of pyridine rings is 1. The van der Waals surface area contributed by atoms with Crippen molar-refractivity contribution in [1.82, 2.24) is 4.98 Å². The van der Waals surface area contributed by atoms with E-state index in [1.165, 1.54) is 82.7 Å². The van der Waals surface area contributed by atoms with Crippen molar-refractivity contribution in [3.63, 3.8) is 0 Å². The zero-order chi connectivity index (χ0) is 29.4. The van der Waals surface area contributed by atoms with Gasteiger partial charge in [-0.1, -0.05) is 89.4 Å². The van der Waals surface area contributed by atoms with E-state index in [2.05, 4.69) is 11.9 Å². The number of aliphatic hydroxyl groups excluding tert-OH is 1. The molecule has 0 aliphatic rings. The van der Waals surface area contributed by atoms with Gasteiger partial charge in [0.1, 0.15) is 5.56 Å². The van der Waals surface area contributed by atoms with E-state index >= 15 is 0 Å². The molecule has 2 aromatic rings. The number of carboxylic acids is 1. The van der Waals surface area contributed by atoms with Crippen molar-refractivity contribution in [3.8, 4) is 5.88 Å². The Morgan fingerprint density at radius 1 is 1.02 bits per heavy atom. The molecule has 1 heterocycles. The third-order valence-corrected chi connectivity index (χ3v) is 8.12. The van der Waals surface area contributed by atoms with Gasteiger partial charge in [0.25, 0.3) is 0 Å². The fourth-order valence-electron chi connectivity index (χ4n) is 4.55. The topological polar surface area (TPSA) is 79.7 Å². The van der Waals surface area contributed by atoms with Gasteiger partial charge in [-0.3, -0.25) is 0 Å². The normalized spacial score (nSPS) is 13.7. The van der Waals surface area contributed by atoms with Crippen LogP contribution in [0.1, 0.15) is 107 Å². The number of ether oxygens (including phenoxy) is 1. The molecule has 0 bridgehead atoms. The number of thioether (sulfide) groups is 1. The molecular formula is C31H44F3NO4S. The Balaban J connectivity index is 1.94. The van der Waals surface area contributed by atoms with Crippen LogP contribution in [0, 0.1) is 0 Å². The number of nitrogens with zero attached hydrogens (tertiary/aromatic N) is 1. The highest BCUT2D eigenvalue weighted by atomic mass is 32.2. The average Bonchev–Trinajstić information content (AvgIpc) is 2.92. The molecule has 0 amide bonds. The molecule has 0 unspecified atom stereocenters. The molecule has 1 aromatic carbocycles. The van der Waals surface area contributed by atoms with Gasteiger partial charge in [0.05, 0.1) is 24.0 Å². The summed E-state index contributed by atoms with van der Waals surface area (Å²) in [4.78, 5) is 16.5. The molecule has 40 heavy (non-hydrogen) atoms. The summed E-state index contributed by atoms with van der Waals surface area (Å²) < 4.78 is 43.6. The van der Waals surface area contributed by atoms with E-state index in [0.717, 1.165) is 19.3 Å². The van der Waals surface area contributed by atoms with E-state index in [4.69, 9.17) is 4.74 Å². The van der Waals surface area contributed by atoms with Gasteiger partial charge in [0.2, 0.25) is 5.88 Å². The standard InChI is InChI=1S/C31H44F3NO4S/c1-3-4-5-6-7-8-9-10-11-12-13-14-15-16-28(27(36)19-20-31(32,33)34)40-24-18-17-23-21-25(30(37)38)29(39-2)35-26(23)22-24/h15-18,21-22,27-28,36H,3-14,19-20H2,1-2H3,(H,37,38)/t27-,28+/m1/s1. The number of unbranched alkanes of at least 4 members (excludes halogenated alkanes) is 11. The molecule has 0 aliphatic heterocycles. The number of fused-ring (bicyclic) bond motifs is 1. The van der Waals surface area contributed by atoms with Crippen molar-refractivity contribution in [1.29, 1.82) is 0 Å². The van der Waals surface area contributed by atoms with Crippen molar-refractivity contribution in [3.05, 3.63) is 42.0 Å². The number of aliphatic hydroxyl groups is 1. The van der Waals surface area contributed by atoms with Crippen molar-refractivity contribution in [2.24, 2.45) is 0 Å². The number of hydrogen-bond donors (Lipinski definition) is 2. The minimum Gasteiger partial charge on any atom is -0.480 e. The number of hydrogen-bond acceptors (Lipinski definition) is 5. The third kappa shape index (κ3) is 12.9. The summed E-state index contributed by atoms with van der Waals surface area (Å²) in [7, 11) is 1.34. The fourth-order valence-corrected chi connectivity index (χ4v) is 5.67. The first-order valence-electron chi connectivity index (χ1n) is 14.4. The maximum Gasteiger partial charge on any atom is 0.389 e. The lowest BCUT2D eigenvalue weighted by Crippen LogP contribution is -2.23. The molecule has 0 saturated heterocycles. The van der Waals surface area contributed by atoms with E-state index in [1.54, 1.807) is 18.2 Å². The van der Waals surface area contributed by atoms with Gasteiger partial charge in [0, 0.05) is 16.7 Å². The quantitative estimate of drug-likeness (QED) is 0.0918. The number of allylic oxidation sites excluding steroid dienone is 1. The molecule has 0 spiro atoms. The Morgan fingerprint density at radius 3 is 2.23 bits per heavy atom. The summed E-state index contributed by atoms with van der Waals surface area (Å²) in [5.41, 5.74) is 0.446. The number of benzene rings is 1. The summed E-state index contributed by atoms with van der Waals surface area (Å²) in [5.74, 6) is -1.17. The molecule has 0 aliphatic carbocycles. The lowest BCUT2D eigenvalue weighted by Gasteiger charge is -2.20. The zero-order valence-electron chi connectivity index (χ0n) is 23.7. The largest absolute Gasteiger partial charge is 0.480 e. The summed E-state index contributed by atoms with van der Waals surface area (Å²) in [6, 6.07) is 6.68. The van der Waals surface area contributed by atoms with Gasteiger partial charge >= 0.3 is 12.1 Å². The molecule has 0 fully saturated rings. The van der Waals surface area contributed by atoms with Crippen LogP contribution in [0.4, 0.5) is 13.2 Å². The zero-order valence-corrected chi connectivity index (χ0v) is 24.5. The smallest absolute Gasteiger partial charge is 0.389 e. The van der Waals surface area contributed by atoms with Crippen molar-refractivity contribution >= 4 is 28.6 Å². The number of alkyl halides is 3. The molecule has 9 heteroatoms. The van der Waals surface area contributed by atoms with Crippen LogP contribution in [0.2, 0.25) is 0 Å². The number of carbonyl (C=O) groups is 1. The van der Waals surface area contributed by atoms with Crippen LogP contribution in [-0.4, -0.2) is 45.8 Å². The first-order chi connectivity index (χ1) is 19.1. The van der Waals surface area contributed by atoms with Crippen LogP contribution in [0.15, 0.2) is 41.3 Å². The van der Waals surface area contributed by atoms with Crippen LogP contribution in [-0.2, 0) is 0 Å². The van der Waals surface area contributed by atoms with Gasteiger partial charge in [-0.05, 0) is 37.5 Å². The van der Waals surface area contributed by atoms with Gasteiger partial charge in [-0.15, -0.1) is 11.8 Å². The van der Waals surface area contributed by atoms with Gasteiger partial charge in [-0.2, -0.15) is 13.2 Å². The predicted octanol–water partition coefficient (Wildman–Crippen LogP) is 9.36. The van der Waals surface area contributed by atoms with E-state index in [-0.39, 0.29) is 17.9 Å². The lowest BCUT2D eigenvalue weighted by atomic mass is 10.0. The van der Waals surface area contributed by atoms with E-state index in [1.807, 2.05) is 12.2 Å². The molecule has 2 atom stereocenters. The number of aromatic nitrogens is 1. The average molecular weight is 584 g/mol.